The first-order valence-electron chi connectivity index (χ1n) is 10.8. The second kappa shape index (κ2) is 10.2. The number of hydrogen-bond acceptors (Lipinski definition) is 3. The molecule has 2 amide bonds. The van der Waals surface area contributed by atoms with Crippen molar-refractivity contribution in [2.24, 2.45) is 0 Å². The lowest BCUT2D eigenvalue weighted by Crippen LogP contribution is -2.29. The molecule has 1 N–H and O–H groups in total. The summed E-state index contributed by atoms with van der Waals surface area (Å²) < 4.78 is 41.2. The van der Waals surface area contributed by atoms with E-state index in [4.69, 9.17) is 11.6 Å². The summed E-state index contributed by atoms with van der Waals surface area (Å²) in [4.78, 5) is 26.5. The van der Waals surface area contributed by atoms with E-state index in [9.17, 15) is 22.8 Å². The molecule has 1 heterocycles. The highest BCUT2D eigenvalue weighted by Gasteiger charge is 2.36. The zero-order valence-electron chi connectivity index (χ0n) is 19.0. The molecule has 0 spiro atoms. The van der Waals surface area contributed by atoms with Crippen LogP contribution in [0.2, 0.25) is 5.02 Å². The lowest BCUT2D eigenvalue weighted by Gasteiger charge is -2.19. The van der Waals surface area contributed by atoms with Gasteiger partial charge in [0.1, 0.15) is 5.82 Å². The molecule has 0 radical (unpaired) electrons. The highest BCUT2D eigenvalue weighted by Crippen LogP contribution is 2.33. The molecule has 0 aliphatic carbocycles. The number of hydrogen-bond donors (Lipinski definition) is 1. The predicted octanol–water partition coefficient (Wildman–Crippen LogP) is 6.00. The smallest absolute Gasteiger partial charge is 0.322 e. The van der Waals surface area contributed by atoms with Gasteiger partial charge in [0, 0.05) is 29.4 Å². The largest absolute Gasteiger partial charge is 0.435 e. The molecule has 0 unspecified atom stereocenters. The van der Waals surface area contributed by atoms with Gasteiger partial charge in [0.2, 0.25) is 5.91 Å². The summed E-state index contributed by atoms with van der Waals surface area (Å²) in [6.45, 7) is 0. The zero-order valence-corrected chi connectivity index (χ0v) is 19.7. The number of nitrogens with zero attached hydrogens (tertiary/aromatic N) is 3. The van der Waals surface area contributed by atoms with Crippen LogP contribution in [0.5, 0.6) is 0 Å². The van der Waals surface area contributed by atoms with Crippen LogP contribution in [-0.2, 0) is 17.4 Å². The molecule has 4 aromatic rings. The van der Waals surface area contributed by atoms with E-state index < -0.39 is 17.8 Å². The van der Waals surface area contributed by atoms with Crippen LogP contribution in [0, 0.1) is 0 Å². The number of nitrogens with one attached hydrogen (secondary N) is 1. The van der Waals surface area contributed by atoms with Crippen LogP contribution in [0.15, 0.2) is 84.9 Å². The second-order valence-corrected chi connectivity index (χ2v) is 8.36. The summed E-state index contributed by atoms with van der Waals surface area (Å²) in [6.07, 6.45) is -4.79. The maximum atomic E-state index is 13.4. The van der Waals surface area contributed by atoms with E-state index in [0.717, 1.165) is 15.6 Å². The number of likely N-dealkylation sites (N-methyl/N-ethyl adjacent to an activating group) is 1. The highest BCUT2D eigenvalue weighted by atomic mass is 35.5. The summed E-state index contributed by atoms with van der Waals surface area (Å²) in [5, 5.41) is 6.75. The van der Waals surface area contributed by atoms with Gasteiger partial charge in [-0.1, -0.05) is 48.0 Å². The van der Waals surface area contributed by atoms with Crippen molar-refractivity contribution >= 4 is 34.9 Å². The number of rotatable bonds is 6. The summed E-state index contributed by atoms with van der Waals surface area (Å²) in [5.41, 5.74) is 0.787. The standard InChI is InChI=1S/C26H20ClF3N4O2/c1-33(23-16-22(26(28,29)30)32-34(23)21-9-5-6-19(27)15-21)24(35)14-17-10-12-18(13-11-17)25(36)31-20-7-3-2-4-8-20/h2-13,15-16H,14H2,1H3,(H,31,36). The number of alkyl halides is 3. The van der Waals surface area contributed by atoms with Crippen molar-refractivity contribution in [1.29, 1.82) is 0 Å². The third-order valence-corrected chi connectivity index (χ3v) is 5.59. The Morgan fingerprint density at radius 1 is 0.972 bits per heavy atom. The Bertz CT molecular complexity index is 1390. The maximum absolute atomic E-state index is 13.4. The second-order valence-electron chi connectivity index (χ2n) is 7.92. The van der Waals surface area contributed by atoms with E-state index in [2.05, 4.69) is 10.4 Å². The van der Waals surface area contributed by atoms with Crippen molar-refractivity contribution in [3.8, 4) is 5.69 Å². The molecule has 36 heavy (non-hydrogen) atoms. The van der Waals surface area contributed by atoms with Crippen LogP contribution >= 0.6 is 11.6 Å². The van der Waals surface area contributed by atoms with Crippen molar-refractivity contribution in [3.05, 3.63) is 107 Å². The number of carbonyl (C=O) groups is 2. The fourth-order valence-electron chi connectivity index (χ4n) is 3.47. The van der Waals surface area contributed by atoms with Crippen molar-refractivity contribution in [2.75, 3.05) is 17.3 Å². The number of para-hydroxylation sites is 1. The van der Waals surface area contributed by atoms with Crippen LogP contribution in [-0.4, -0.2) is 28.6 Å². The van der Waals surface area contributed by atoms with Gasteiger partial charge in [-0.05, 0) is 48.0 Å². The fraction of sp³-hybridized carbons (Fsp3) is 0.115. The van der Waals surface area contributed by atoms with Crippen molar-refractivity contribution in [2.45, 2.75) is 12.6 Å². The lowest BCUT2D eigenvalue weighted by atomic mass is 10.1. The summed E-state index contributed by atoms with van der Waals surface area (Å²) >= 11 is 6.00. The van der Waals surface area contributed by atoms with E-state index in [-0.39, 0.29) is 23.8 Å². The third-order valence-electron chi connectivity index (χ3n) is 5.35. The summed E-state index contributed by atoms with van der Waals surface area (Å²) in [6, 6.07) is 22.4. The molecule has 0 saturated heterocycles. The van der Waals surface area contributed by atoms with Gasteiger partial charge in [-0.15, -0.1) is 0 Å². The molecule has 0 atom stereocenters. The predicted molar refractivity (Wildman–Crippen MR) is 132 cm³/mol. The quantitative estimate of drug-likeness (QED) is 0.344. The molecule has 184 valence electrons. The SMILES string of the molecule is CN(C(=O)Cc1ccc(C(=O)Nc2ccccc2)cc1)c1cc(C(F)(F)F)nn1-c1cccc(Cl)c1. The van der Waals surface area contributed by atoms with Gasteiger partial charge in [-0.2, -0.15) is 18.3 Å². The number of carbonyl (C=O) groups excluding carboxylic acids is 2. The Balaban J connectivity index is 1.52. The number of amides is 2. The minimum atomic E-state index is -4.70. The zero-order chi connectivity index (χ0) is 25.9. The van der Waals surface area contributed by atoms with Crippen LogP contribution < -0.4 is 10.2 Å². The number of anilines is 2. The molecule has 10 heteroatoms. The Kier molecular flexibility index (Phi) is 7.12. The van der Waals surface area contributed by atoms with Crippen LogP contribution in [0.4, 0.5) is 24.7 Å². The topological polar surface area (TPSA) is 67.2 Å². The van der Waals surface area contributed by atoms with Gasteiger partial charge in [0.15, 0.2) is 5.69 Å². The number of halogens is 4. The lowest BCUT2D eigenvalue weighted by molar-refractivity contribution is -0.141. The average molecular weight is 513 g/mol. The van der Waals surface area contributed by atoms with Gasteiger partial charge in [0.05, 0.1) is 12.1 Å². The van der Waals surface area contributed by atoms with Gasteiger partial charge in [-0.25, -0.2) is 4.68 Å². The maximum Gasteiger partial charge on any atom is 0.435 e. The van der Waals surface area contributed by atoms with Crippen LogP contribution in [0.3, 0.4) is 0 Å². The highest BCUT2D eigenvalue weighted by molar-refractivity contribution is 6.30. The van der Waals surface area contributed by atoms with Crippen LogP contribution in [0.1, 0.15) is 21.6 Å². The van der Waals surface area contributed by atoms with Gasteiger partial charge >= 0.3 is 6.18 Å². The van der Waals surface area contributed by atoms with E-state index >= 15 is 0 Å². The number of aromatic nitrogens is 2. The molecular formula is C26H20ClF3N4O2. The van der Waals surface area contributed by atoms with Gasteiger partial charge in [0.25, 0.3) is 5.91 Å². The Labute approximate surface area is 209 Å². The summed E-state index contributed by atoms with van der Waals surface area (Å²) in [7, 11) is 1.38. The van der Waals surface area contributed by atoms with E-state index in [0.29, 0.717) is 21.8 Å². The fourth-order valence-corrected chi connectivity index (χ4v) is 3.65. The van der Waals surface area contributed by atoms with Crippen molar-refractivity contribution in [1.82, 2.24) is 9.78 Å². The van der Waals surface area contributed by atoms with Gasteiger partial charge in [-0.3, -0.25) is 14.5 Å². The first kappa shape index (κ1) is 25.0. The first-order valence-corrected chi connectivity index (χ1v) is 11.1. The minimum absolute atomic E-state index is 0.0616. The molecule has 1 aromatic heterocycles. The van der Waals surface area contributed by atoms with Crippen molar-refractivity contribution < 1.29 is 22.8 Å². The molecule has 0 saturated carbocycles. The molecule has 0 aliphatic heterocycles. The number of benzene rings is 3. The van der Waals surface area contributed by atoms with E-state index in [1.54, 1.807) is 66.7 Å². The Morgan fingerprint density at radius 2 is 1.67 bits per heavy atom. The molecule has 0 aliphatic rings. The monoisotopic (exact) mass is 512 g/mol. The Morgan fingerprint density at radius 3 is 2.31 bits per heavy atom. The van der Waals surface area contributed by atoms with E-state index in [1.165, 1.54) is 13.1 Å². The molecule has 6 nitrogen and oxygen atoms in total. The van der Waals surface area contributed by atoms with Gasteiger partial charge < -0.3 is 5.32 Å². The first-order chi connectivity index (χ1) is 17.1. The molecular weight excluding hydrogens is 493 g/mol. The third kappa shape index (κ3) is 5.75. The Hall–Kier alpha value is -4.11. The summed E-state index contributed by atoms with van der Waals surface area (Å²) in [5.74, 6) is -0.830. The average Bonchev–Trinajstić information content (AvgIpc) is 3.31. The minimum Gasteiger partial charge on any atom is -0.322 e. The van der Waals surface area contributed by atoms with E-state index in [1.807, 2.05) is 6.07 Å². The van der Waals surface area contributed by atoms with Crippen LogP contribution in [0.25, 0.3) is 5.69 Å². The normalized spacial score (nSPS) is 11.2. The molecule has 0 bridgehead atoms. The molecule has 3 aromatic carbocycles. The van der Waals surface area contributed by atoms with Crippen molar-refractivity contribution in [3.63, 3.8) is 0 Å². The molecule has 0 fully saturated rings. The molecule has 4 rings (SSSR count).